The molecule has 1 amide bonds. The number of rotatable bonds is 47. The van der Waals surface area contributed by atoms with Crippen LogP contribution in [0.25, 0.3) is 0 Å². The Morgan fingerprint density at radius 1 is 0.424 bits per heavy atom. The van der Waals surface area contributed by atoms with Gasteiger partial charge in [0.2, 0.25) is 5.91 Å². The predicted molar refractivity (Wildman–Crippen MR) is 259 cm³/mol. The van der Waals surface area contributed by atoms with Crippen LogP contribution in [-0.4, -0.2) is 46.1 Å². The van der Waals surface area contributed by atoms with Crippen molar-refractivity contribution in [2.75, 3.05) is 6.61 Å². The fraction of sp³-hybridized carbons (Fsp3) is 0.833. The number of carbonyl (C=O) groups excluding carboxylic acids is 1. The highest BCUT2D eigenvalue weighted by Gasteiger charge is 2.20. The molecule has 4 N–H and O–H groups in total. The first-order valence-electron chi connectivity index (χ1n) is 25.9. The van der Waals surface area contributed by atoms with E-state index in [-0.39, 0.29) is 18.9 Å². The smallest absolute Gasteiger partial charge is 0.222 e. The zero-order valence-corrected chi connectivity index (χ0v) is 39.4. The number of hydrogen-bond donors (Lipinski definition) is 4. The topological polar surface area (TPSA) is 89.8 Å². The Balaban J connectivity index is 3.65. The van der Waals surface area contributed by atoms with Crippen molar-refractivity contribution in [1.29, 1.82) is 0 Å². The van der Waals surface area contributed by atoms with Crippen LogP contribution in [-0.2, 0) is 4.79 Å². The van der Waals surface area contributed by atoms with E-state index in [1.165, 1.54) is 199 Å². The standard InChI is InChI=1S/C54H101NO4/c1-3-5-7-9-11-13-15-17-19-21-23-24-25-26-27-28-30-31-33-35-37-39-41-43-45-47-51(57)49-54(59)55-52(50-56)53(58)48-46-44-42-40-38-36-34-32-29-22-20-18-16-14-12-10-8-6-4-2/h26-27,29,32,38,40,46,48,51-53,56-58H,3-25,28,30-31,33-37,39,41-45,47,49-50H2,1-2H3,(H,55,59)/b27-26-,32-29+,40-38+,48-46+. The van der Waals surface area contributed by atoms with Gasteiger partial charge in [-0.1, -0.05) is 236 Å². The summed E-state index contributed by atoms with van der Waals surface area (Å²) in [7, 11) is 0. The molecule has 0 rings (SSSR count). The lowest BCUT2D eigenvalue weighted by molar-refractivity contribution is -0.124. The number of unbranched alkanes of at least 4 members (excludes halogenated alkanes) is 32. The Kier molecular flexibility index (Phi) is 47.6. The van der Waals surface area contributed by atoms with E-state index in [1.54, 1.807) is 6.08 Å². The fourth-order valence-electron chi connectivity index (χ4n) is 7.84. The van der Waals surface area contributed by atoms with E-state index in [9.17, 15) is 20.1 Å². The average molecular weight is 828 g/mol. The Labute approximate surface area is 367 Å². The number of aliphatic hydroxyl groups excluding tert-OH is 3. The summed E-state index contributed by atoms with van der Waals surface area (Å²) in [6.07, 6.45) is 64.2. The highest BCUT2D eigenvalue weighted by Crippen LogP contribution is 2.16. The largest absolute Gasteiger partial charge is 0.394 e. The van der Waals surface area contributed by atoms with Gasteiger partial charge in [-0.05, 0) is 70.6 Å². The van der Waals surface area contributed by atoms with E-state index >= 15 is 0 Å². The molecule has 5 nitrogen and oxygen atoms in total. The van der Waals surface area contributed by atoms with Crippen molar-refractivity contribution in [2.24, 2.45) is 0 Å². The second kappa shape index (κ2) is 49.0. The molecule has 0 radical (unpaired) electrons. The molecule has 346 valence electrons. The molecule has 3 unspecified atom stereocenters. The van der Waals surface area contributed by atoms with E-state index < -0.39 is 18.2 Å². The third-order valence-corrected chi connectivity index (χ3v) is 11.8. The van der Waals surface area contributed by atoms with E-state index in [1.807, 2.05) is 6.08 Å². The molecule has 0 aromatic rings. The predicted octanol–water partition coefficient (Wildman–Crippen LogP) is 15.7. The number of carbonyl (C=O) groups is 1. The minimum absolute atomic E-state index is 0.000755. The summed E-state index contributed by atoms with van der Waals surface area (Å²) in [6.45, 7) is 4.21. The van der Waals surface area contributed by atoms with Gasteiger partial charge in [-0.2, -0.15) is 0 Å². The van der Waals surface area contributed by atoms with Gasteiger partial charge in [0.15, 0.2) is 0 Å². The average Bonchev–Trinajstić information content (AvgIpc) is 3.23. The number of hydrogen-bond acceptors (Lipinski definition) is 4. The van der Waals surface area contributed by atoms with Crippen LogP contribution < -0.4 is 5.32 Å². The summed E-state index contributed by atoms with van der Waals surface area (Å²) < 4.78 is 0. The van der Waals surface area contributed by atoms with Crippen molar-refractivity contribution in [3.8, 4) is 0 Å². The van der Waals surface area contributed by atoms with Crippen molar-refractivity contribution >= 4 is 5.91 Å². The third-order valence-electron chi connectivity index (χ3n) is 11.8. The molecular weight excluding hydrogens is 727 g/mol. The van der Waals surface area contributed by atoms with Crippen LogP contribution in [0, 0.1) is 0 Å². The highest BCUT2D eigenvalue weighted by molar-refractivity contribution is 5.76. The molecule has 0 fully saturated rings. The molecule has 0 spiro atoms. The molecule has 0 bridgehead atoms. The van der Waals surface area contributed by atoms with Crippen LogP contribution in [0.1, 0.15) is 264 Å². The van der Waals surface area contributed by atoms with Gasteiger partial charge in [-0.25, -0.2) is 0 Å². The molecule has 59 heavy (non-hydrogen) atoms. The molecule has 0 aromatic carbocycles. The van der Waals surface area contributed by atoms with Gasteiger partial charge >= 0.3 is 0 Å². The third kappa shape index (κ3) is 45.7. The van der Waals surface area contributed by atoms with E-state index in [0.717, 1.165) is 38.5 Å². The molecule has 0 aliphatic carbocycles. The minimum Gasteiger partial charge on any atom is -0.394 e. The maximum atomic E-state index is 12.5. The van der Waals surface area contributed by atoms with Crippen LogP contribution >= 0.6 is 0 Å². The van der Waals surface area contributed by atoms with Crippen LogP contribution in [0.3, 0.4) is 0 Å². The van der Waals surface area contributed by atoms with Crippen molar-refractivity contribution in [1.82, 2.24) is 5.32 Å². The van der Waals surface area contributed by atoms with E-state index in [0.29, 0.717) is 6.42 Å². The van der Waals surface area contributed by atoms with Gasteiger partial charge in [0.05, 0.1) is 31.3 Å². The van der Waals surface area contributed by atoms with E-state index in [4.69, 9.17) is 0 Å². The SMILES string of the molecule is CCCCCCCCCCC/C=C/CC/C=C/CC/C=C/C(O)C(CO)NC(=O)CC(O)CCCCCCCCCCC/C=C\CCCCCCCCCCCCCC. The lowest BCUT2D eigenvalue weighted by Crippen LogP contribution is -2.45. The molecule has 0 saturated heterocycles. The molecule has 0 heterocycles. The van der Waals surface area contributed by atoms with Gasteiger partial charge in [-0.3, -0.25) is 4.79 Å². The maximum Gasteiger partial charge on any atom is 0.222 e. The van der Waals surface area contributed by atoms with E-state index in [2.05, 4.69) is 55.6 Å². The highest BCUT2D eigenvalue weighted by atomic mass is 16.3. The van der Waals surface area contributed by atoms with Gasteiger partial charge in [0, 0.05) is 0 Å². The summed E-state index contributed by atoms with van der Waals surface area (Å²) >= 11 is 0. The summed E-state index contributed by atoms with van der Waals surface area (Å²) in [5.41, 5.74) is 0. The van der Waals surface area contributed by atoms with Crippen LogP contribution in [0.15, 0.2) is 48.6 Å². The van der Waals surface area contributed by atoms with Crippen LogP contribution in [0.4, 0.5) is 0 Å². The number of nitrogens with one attached hydrogen (secondary N) is 1. The van der Waals surface area contributed by atoms with Crippen molar-refractivity contribution in [2.45, 2.75) is 283 Å². The summed E-state index contributed by atoms with van der Waals surface area (Å²) in [5, 5.41) is 33.3. The van der Waals surface area contributed by atoms with Crippen LogP contribution in [0.2, 0.25) is 0 Å². The Morgan fingerprint density at radius 2 is 0.729 bits per heavy atom. The Hall–Kier alpha value is -1.69. The second-order valence-corrected chi connectivity index (χ2v) is 17.8. The second-order valence-electron chi connectivity index (χ2n) is 17.8. The number of amides is 1. The summed E-state index contributed by atoms with van der Waals surface area (Å²) in [4.78, 5) is 12.5. The first-order valence-corrected chi connectivity index (χ1v) is 25.9. The Bertz CT molecular complexity index is 958. The van der Waals surface area contributed by atoms with Crippen LogP contribution in [0.5, 0.6) is 0 Å². The fourth-order valence-corrected chi connectivity index (χ4v) is 7.84. The molecular formula is C54H101NO4. The lowest BCUT2D eigenvalue weighted by atomic mass is 10.0. The van der Waals surface area contributed by atoms with Crippen molar-refractivity contribution in [3.63, 3.8) is 0 Å². The quantitative estimate of drug-likeness (QED) is 0.0363. The molecule has 0 aromatic heterocycles. The molecule has 5 heteroatoms. The zero-order valence-electron chi connectivity index (χ0n) is 39.4. The van der Waals surface area contributed by atoms with Gasteiger partial charge in [-0.15, -0.1) is 0 Å². The normalized spacial score (nSPS) is 13.8. The molecule has 0 aliphatic rings. The van der Waals surface area contributed by atoms with Gasteiger partial charge in [0.1, 0.15) is 0 Å². The molecule has 0 saturated carbocycles. The monoisotopic (exact) mass is 828 g/mol. The van der Waals surface area contributed by atoms with Gasteiger partial charge < -0.3 is 20.6 Å². The lowest BCUT2D eigenvalue weighted by Gasteiger charge is -2.21. The number of allylic oxidation sites excluding steroid dienone is 7. The Morgan fingerprint density at radius 3 is 1.08 bits per heavy atom. The first-order chi connectivity index (χ1) is 29.0. The summed E-state index contributed by atoms with van der Waals surface area (Å²) in [6, 6.07) is -0.769. The zero-order chi connectivity index (χ0) is 43.0. The van der Waals surface area contributed by atoms with Crippen molar-refractivity contribution < 1.29 is 20.1 Å². The molecule has 0 aliphatic heterocycles. The first kappa shape index (κ1) is 57.3. The number of aliphatic hydroxyl groups is 3. The maximum absolute atomic E-state index is 12.5. The van der Waals surface area contributed by atoms with Gasteiger partial charge in [0.25, 0.3) is 0 Å². The summed E-state index contributed by atoms with van der Waals surface area (Å²) in [5.74, 6) is -0.329. The minimum atomic E-state index is -0.961. The molecule has 3 atom stereocenters. The van der Waals surface area contributed by atoms with Crippen molar-refractivity contribution in [3.05, 3.63) is 48.6 Å².